The molecule has 1 aliphatic rings. The summed E-state index contributed by atoms with van der Waals surface area (Å²) in [6.45, 7) is -1.45. The van der Waals surface area contributed by atoms with Crippen LogP contribution in [0, 0.1) is 17.5 Å². The number of carbonyl (C=O) groups excluding carboxylic acids is 2. The van der Waals surface area contributed by atoms with Crippen molar-refractivity contribution in [3.63, 3.8) is 0 Å². The van der Waals surface area contributed by atoms with Crippen molar-refractivity contribution in [2.24, 2.45) is 0 Å². The Kier molecular flexibility index (Phi) is 11.3. The number of rotatable bonds is 10. The van der Waals surface area contributed by atoms with Crippen LogP contribution in [0.4, 0.5) is 36.8 Å². The van der Waals surface area contributed by atoms with E-state index in [1.165, 1.54) is 42.6 Å². The molecule has 0 bridgehead atoms. The summed E-state index contributed by atoms with van der Waals surface area (Å²) >= 11 is 5.83. The van der Waals surface area contributed by atoms with Gasteiger partial charge in [-0.2, -0.15) is 13.2 Å². The van der Waals surface area contributed by atoms with Crippen LogP contribution in [0.5, 0.6) is 0 Å². The molecule has 15 heteroatoms. The maximum atomic E-state index is 14.9. The second-order valence-corrected chi connectivity index (χ2v) is 10.8. The van der Waals surface area contributed by atoms with Crippen molar-refractivity contribution < 1.29 is 45.4 Å². The Balaban J connectivity index is 1.37. The average Bonchev–Trinajstić information content (AvgIpc) is 2.97. The van der Waals surface area contributed by atoms with Gasteiger partial charge in [0.2, 0.25) is 5.91 Å². The van der Waals surface area contributed by atoms with Gasteiger partial charge in [-0.15, -0.1) is 0 Å². The van der Waals surface area contributed by atoms with E-state index in [1.807, 2.05) is 0 Å². The molecule has 0 aliphatic carbocycles. The zero-order chi connectivity index (χ0) is 32.7. The van der Waals surface area contributed by atoms with Gasteiger partial charge in [-0.3, -0.25) is 15.1 Å². The van der Waals surface area contributed by atoms with Crippen LogP contribution < -0.4 is 10.6 Å². The summed E-state index contributed by atoms with van der Waals surface area (Å²) in [5.74, 6) is -3.06. The van der Waals surface area contributed by atoms with Crippen LogP contribution in [0.1, 0.15) is 35.4 Å². The Bertz CT molecular complexity index is 1490. The molecular formula is C30H29ClF6N4O4. The first-order valence-corrected chi connectivity index (χ1v) is 14.1. The lowest BCUT2D eigenvalue weighted by molar-refractivity contribution is -0.143. The van der Waals surface area contributed by atoms with E-state index in [9.17, 15) is 35.9 Å². The zero-order valence-electron chi connectivity index (χ0n) is 23.8. The van der Waals surface area contributed by atoms with E-state index in [-0.39, 0.29) is 48.7 Å². The minimum absolute atomic E-state index is 0.0984. The zero-order valence-corrected chi connectivity index (χ0v) is 24.6. The summed E-state index contributed by atoms with van der Waals surface area (Å²) in [4.78, 5) is 29.3. The topological polar surface area (TPSA) is 92.8 Å². The lowest BCUT2D eigenvalue weighted by Crippen LogP contribution is -2.50. The number of nitrogens with zero attached hydrogens (tertiary/aromatic N) is 2. The maximum absolute atomic E-state index is 14.9. The molecule has 1 fully saturated rings. The molecule has 2 aromatic carbocycles. The van der Waals surface area contributed by atoms with Gasteiger partial charge in [-0.25, -0.2) is 18.0 Å². The average molecular weight is 659 g/mol. The minimum atomic E-state index is -4.57. The van der Waals surface area contributed by atoms with Crippen LogP contribution in [0.2, 0.25) is 5.02 Å². The Hall–Kier alpha value is -3.88. The van der Waals surface area contributed by atoms with Gasteiger partial charge in [-0.05, 0) is 48.2 Å². The van der Waals surface area contributed by atoms with Crippen LogP contribution >= 0.6 is 11.6 Å². The highest BCUT2D eigenvalue weighted by Gasteiger charge is 2.33. The van der Waals surface area contributed by atoms with E-state index in [4.69, 9.17) is 21.1 Å². The highest BCUT2D eigenvalue weighted by Crippen LogP contribution is 2.31. The summed E-state index contributed by atoms with van der Waals surface area (Å²) in [7, 11) is 0.961. The van der Waals surface area contributed by atoms with Crippen LogP contribution in [-0.2, 0) is 20.7 Å². The molecule has 0 radical (unpaired) electrons. The fourth-order valence-electron chi connectivity index (χ4n) is 4.78. The number of amides is 2. The normalized spacial score (nSPS) is 17.4. The maximum Gasteiger partial charge on any atom is 0.411 e. The molecule has 4 rings (SSSR count). The number of pyridine rings is 1. The van der Waals surface area contributed by atoms with Gasteiger partial charge < -0.3 is 19.7 Å². The van der Waals surface area contributed by atoms with Crippen LogP contribution in [0.3, 0.4) is 0 Å². The molecule has 1 aliphatic heterocycles. The van der Waals surface area contributed by atoms with E-state index in [0.29, 0.717) is 16.0 Å². The molecule has 1 saturated heterocycles. The Labute approximate surface area is 259 Å². The second kappa shape index (κ2) is 14.9. The third kappa shape index (κ3) is 9.80. The predicted octanol–water partition coefficient (Wildman–Crippen LogP) is 6.19. The summed E-state index contributed by atoms with van der Waals surface area (Å²) in [5, 5.41) is 5.44. The van der Waals surface area contributed by atoms with Crippen molar-refractivity contribution in [3.8, 4) is 0 Å². The Morgan fingerprint density at radius 2 is 1.82 bits per heavy atom. The smallest absolute Gasteiger partial charge is 0.411 e. The summed E-state index contributed by atoms with van der Waals surface area (Å²) in [6.07, 6.45) is -4.71. The molecule has 0 spiro atoms. The van der Waals surface area contributed by atoms with E-state index >= 15 is 0 Å². The van der Waals surface area contributed by atoms with E-state index in [2.05, 4.69) is 15.6 Å². The quantitative estimate of drug-likeness (QED) is 0.253. The Morgan fingerprint density at radius 1 is 1.11 bits per heavy atom. The van der Waals surface area contributed by atoms with Crippen LogP contribution in [0.25, 0.3) is 0 Å². The highest BCUT2D eigenvalue weighted by molar-refractivity contribution is 6.30. The van der Waals surface area contributed by atoms with E-state index < -0.39 is 60.4 Å². The van der Waals surface area contributed by atoms with Gasteiger partial charge in [0, 0.05) is 31.5 Å². The molecule has 3 aromatic rings. The molecule has 242 valence electrons. The number of hydrogen-bond acceptors (Lipinski definition) is 6. The van der Waals surface area contributed by atoms with Gasteiger partial charge >= 0.3 is 12.3 Å². The monoisotopic (exact) mass is 658 g/mol. The van der Waals surface area contributed by atoms with Gasteiger partial charge in [0.05, 0.1) is 35.8 Å². The largest absolute Gasteiger partial charge is 0.428 e. The van der Waals surface area contributed by atoms with Crippen LogP contribution in [0.15, 0.2) is 54.9 Å². The molecule has 8 nitrogen and oxygen atoms in total. The molecule has 0 saturated carbocycles. The minimum Gasteiger partial charge on any atom is -0.428 e. The molecule has 2 heterocycles. The van der Waals surface area contributed by atoms with E-state index in [1.54, 1.807) is 6.07 Å². The van der Waals surface area contributed by atoms with Crippen LogP contribution in [-0.4, -0.2) is 67.1 Å². The molecule has 45 heavy (non-hydrogen) atoms. The molecule has 1 aromatic heterocycles. The lowest BCUT2D eigenvalue weighted by Gasteiger charge is -2.31. The summed E-state index contributed by atoms with van der Waals surface area (Å²) < 4.78 is 90.9. The number of halogens is 7. The van der Waals surface area contributed by atoms with E-state index in [0.717, 1.165) is 13.2 Å². The number of carbonyl (C=O) groups is 2. The Morgan fingerprint density at radius 3 is 2.47 bits per heavy atom. The molecule has 3 atom stereocenters. The fourth-order valence-corrected chi connectivity index (χ4v) is 4.90. The van der Waals surface area contributed by atoms with Crippen molar-refractivity contribution in [1.82, 2.24) is 15.2 Å². The van der Waals surface area contributed by atoms with Gasteiger partial charge in [0.15, 0.2) is 6.23 Å². The number of hydrogen-bond donors (Lipinski definition) is 2. The molecule has 0 unspecified atom stereocenters. The van der Waals surface area contributed by atoms with Gasteiger partial charge in [0.1, 0.15) is 24.0 Å². The van der Waals surface area contributed by atoms with Crippen molar-refractivity contribution in [1.29, 1.82) is 0 Å². The number of morpholine rings is 1. The summed E-state index contributed by atoms with van der Waals surface area (Å²) in [5.41, 5.74) is 1.24. The number of aromatic nitrogens is 1. The summed E-state index contributed by atoms with van der Waals surface area (Å²) in [6, 6.07) is 9.54. The first-order chi connectivity index (χ1) is 21.3. The number of benzene rings is 2. The predicted molar refractivity (Wildman–Crippen MR) is 152 cm³/mol. The molecule has 2 N–H and O–H groups in total. The SMILES string of the molecule is CN(CC(F)(F)F)C(=O)O[C@H]1CO[C@H](CCc2c(F)cncc2NC(=O)C[C@H](c2ccc(F)cc2)c2ccc(Cl)c(F)c2)CN1. The first kappa shape index (κ1) is 34.0. The fraction of sp³-hybridized carbons (Fsp3) is 0.367. The third-order valence-electron chi connectivity index (χ3n) is 7.03. The standard InChI is InChI=1S/C30H29ClF6N4O4/c1-41(16-30(35,36)37)29(43)45-28-15-44-20(12-39-28)7-8-21-25(34)13-38-14-26(21)40-27(42)11-22(17-2-5-19(32)6-3-17)18-4-9-23(31)24(33)10-18/h2-6,9-10,13-14,20,22,28,39H,7-8,11-12,15-16H2,1H3,(H,40,42)/t20-,22-,28+/m1/s1. The first-order valence-electron chi connectivity index (χ1n) is 13.7. The highest BCUT2D eigenvalue weighted by atomic mass is 35.5. The number of anilines is 1. The third-order valence-corrected chi connectivity index (χ3v) is 7.34. The molecule has 2 amide bonds. The lowest BCUT2D eigenvalue weighted by atomic mass is 9.88. The number of ether oxygens (including phenoxy) is 2. The van der Waals surface area contributed by atoms with Gasteiger partial charge in [0.25, 0.3) is 0 Å². The van der Waals surface area contributed by atoms with Crippen molar-refractivity contribution >= 4 is 29.3 Å². The van der Waals surface area contributed by atoms with Crippen molar-refractivity contribution in [3.05, 3.63) is 94.0 Å². The molecular weight excluding hydrogens is 630 g/mol. The van der Waals surface area contributed by atoms with Crippen molar-refractivity contribution in [2.75, 3.05) is 32.1 Å². The van der Waals surface area contributed by atoms with Gasteiger partial charge in [-0.1, -0.05) is 29.8 Å². The second-order valence-electron chi connectivity index (χ2n) is 10.4. The number of nitrogens with one attached hydrogen (secondary N) is 2. The number of alkyl halides is 3. The van der Waals surface area contributed by atoms with Crippen molar-refractivity contribution in [2.45, 2.75) is 43.7 Å².